The van der Waals surface area contributed by atoms with Gasteiger partial charge in [-0.25, -0.2) is 19.3 Å². The van der Waals surface area contributed by atoms with Crippen LogP contribution < -0.4 is 19.3 Å². The SMILES string of the molecule is CN(C)C(=O)C1CN(c2ncc(N3CC[C@@H](Oc4ccc(Oc5ccc(F)cc5)nc4)C3=O)cn2)C1. The summed E-state index contributed by atoms with van der Waals surface area (Å²) in [7, 11) is 3.49. The number of hydrogen-bond donors (Lipinski definition) is 0. The lowest BCUT2D eigenvalue weighted by Gasteiger charge is -2.39. The Morgan fingerprint density at radius 1 is 1.00 bits per heavy atom. The summed E-state index contributed by atoms with van der Waals surface area (Å²) in [4.78, 5) is 43.0. The van der Waals surface area contributed by atoms with Crippen LogP contribution in [0.3, 0.4) is 0 Å². The van der Waals surface area contributed by atoms with Crippen LogP contribution in [0.4, 0.5) is 16.0 Å². The molecule has 0 unspecified atom stereocenters. The van der Waals surface area contributed by atoms with Crippen molar-refractivity contribution in [2.75, 3.05) is 43.5 Å². The largest absolute Gasteiger partial charge is 0.479 e. The van der Waals surface area contributed by atoms with Crippen molar-refractivity contribution in [3.63, 3.8) is 0 Å². The van der Waals surface area contributed by atoms with Crippen molar-refractivity contribution < 1.29 is 23.5 Å². The molecule has 36 heavy (non-hydrogen) atoms. The highest BCUT2D eigenvalue weighted by Gasteiger charge is 2.37. The molecule has 0 radical (unpaired) electrons. The number of halogens is 1. The van der Waals surface area contributed by atoms with E-state index in [-0.39, 0.29) is 23.5 Å². The standard InChI is InChI=1S/C25H25FN6O4/c1-30(2)23(33)16-14-31(15-16)25-28-11-18(12-29-25)32-10-9-21(24(32)34)35-20-7-8-22(27-13-20)36-19-5-3-17(26)4-6-19/h3-8,11-13,16,21H,9-10,14-15H2,1-2H3/t21-/m1/s1. The van der Waals surface area contributed by atoms with Crippen LogP contribution in [0, 0.1) is 11.7 Å². The Morgan fingerprint density at radius 2 is 1.69 bits per heavy atom. The van der Waals surface area contributed by atoms with Gasteiger partial charge in [-0.2, -0.15) is 0 Å². The first-order valence-electron chi connectivity index (χ1n) is 11.5. The molecule has 2 saturated heterocycles. The lowest BCUT2D eigenvalue weighted by Crippen LogP contribution is -2.54. The zero-order valence-corrected chi connectivity index (χ0v) is 19.9. The fraction of sp³-hybridized carbons (Fsp3) is 0.320. The van der Waals surface area contributed by atoms with Gasteiger partial charge in [-0.05, 0) is 30.3 Å². The van der Waals surface area contributed by atoms with E-state index in [2.05, 4.69) is 15.0 Å². The molecule has 2 aromatic heterocycles. The van der Waals surface area contributed by atoms with Crippen LogP contribution in [0.15, 0.2) is 55.0 Å². The van der Waals surface area contributed by atoms with E-state index in [4.69, 9.17) is 9.47 Å². The van der Waals surface area contributed by atoms with Crippen LogP contribution >= 0.6 is 0 Å². The van der Waals surface area contributed by atoms with E-state index in [0.717, 1.165) is 0 Å². The molecule has 4 heterocycles. The van der Waals surface area contributed by atoms with Crippen LogP contribution in [0.1, 0.15) is 6.42 Å². The number of rotatable bonds is 7. The summed E-state index contributed by atoms with van der Waals surface area (Å²) in [6.45, 7) is 1.64. The van der Waals surface area contributed by atoms with Crippen LogP contribution in [0.5, 0.6) is 17.4 Å². The van der Waals surface area contributed by atoms with Crippen molar-refractivity contribution in [3.05, 3.63) is 60.8 Å². The average molecular weight is 493 g/mol. The van der Waals surface area contributed by atoms with Gasteiger partial charge in [-0.3, -0.25) is 9.59 Å². The molecule has 3 aromatic rings. The summed E-state index contributed by atoms with van der Waals surface area (Å²) < 4.78 is 24.5. The summed E-state index contributed by atoms with van der Waals surface area (Å²) in [5.74, 6) is 1.29. The number of nitrogens with zero attached hydrogens (tertiary/aromatic N) is 6. The minimum atomic E-state index is -0.650. The second kappa shape index (κ2) is 9.76. The number of carbonyl (C=O) groups excluding carboxylic acids is 2. The number of benzene rings is 1. The molecule has 5 rings (SSSR count). The Balaban J connectivity index is 1.15. The Hall–Kier alpha value is -4.28. The van der Waals surface area contributed by atoms with Gasteiger partial charge in [-0.15, -0.1) is 0 Å². The molecule has 0 aliphatic carbocycles. The van der Waals surface area contributed by atoms with Gasteiger partial charge >= 0.3 is 0 Å². The molecular weight excluding hydrogens is 467 g/mol. The Bertz CT molecular complexity index is 1230. The summed E-state index contributed by atoms with van der Waals surface area (Å²) in [6.07, 6.45) is 4.58. The first kappa shape index (κ1) is 23.5. The van der Waals surface area contributed by atoms with Gasteiger partial charge in [0.15, 0.2) is 6.10 Å². The maximum Gasteiger partial charge on any atom is 0.268 e. The first-order valence-corrected chi connectivity index (χ1v) is 11.5. The topological polar surface area (TPSA) is 101 Å². The van der Waals surface area contributed by atoms with Crippen molar-refractivity contribution in [2.45, 2.75) is 12.5 Å². The second-order valence-electron chi connectivity index (χ2n) is 8.85. The number of hydrogen-bond acceptors (Lipinski definition) is 8. The molecule has 2 fully saturated rings. The molecule has 10 nitrogen and oxygen atoms in total. The predicted octanol–water partition coefficient (Wildman–Crippen LogP) is 2.51. The summed E-state index contributed by atoms with van der Waals surface area (Å²) in [5, 5.41) is 0. The maximum absolute atomic E-state index is 13.0. The quantitative estimate of drug-likeness (QED) is 0.496. The zero-order valence-electron chi connectivity index (χ0n) is 19.9. The predicted molar refractivity (Wildman–Crippen MR) is 129 cm³/mol. The van der Waals surface area contributed by atoms with Crippen LogP contribution in [-0.2, 0) is 9.59 Å². The highest BCUT2D eigenvalue weighted by Crippen LogP contribution is 2.28. The van der Waals surface area contributed by atoms with Gasteiger partial charge in [-0.1, -0.05) is 0 Å². The normalized spacial score (nSPS) is 17.6. The van der Waals surface area contributed by atoms with Gasteiger partial charge in [0.05, 0.1) is 30.2 Å². The molecule has 1 atom stereocenters. The van der Waals surface area contributed by atoms with E-state index < -0.39 is 6.10 Å². The maximum atomic E-state index is 13.0. The Kier molecular flexibility index (Phi) is 6.36. The van der Waals surface area contributed by atoms with Crippen molar-refractivity contribution in [3.8, 4) is 17.4 Å². The molecular formula is C25H25FN6O4. The van der Waals surface area contributed by atoms with E-state index >= 15 is 0 Å². The van der Waals surface area contributed by atoms with Gasteiger partial charge < -0.3 is 24.2 Å². The smallest absolute Gasteiger partial charge is 0.268 e. The highest BCUT2D eigenvalue weighted by atomic mass is 19.1. The molecule has 2 aliphatic rings. The fourth-order valence-corrected chi connectivity index (χ4v) is 4.08. The number of pyridine rings is 1. The van der Waals surface area contributed by atoms with E-state index in [1.807, 2.05) is 4.90 Å². The van der Waals surface area contributed by atoms with Crippen LogP contribution in [0.25, 0.3) is 0 Å². The molecule has 0 N–H and O–H groups in total. The highest BCUT2D eigenvalue weighted by molar-refractivity contribution is 5.98. The van der Waals surface area contributed by atoms with E-state index in [9.17, 15) is 14.0 Å². The molecule has 0 spiro atoms. The Labute approximate surface area is 207 Å². The van der Waals surface area contributed by atoms with Crippen molar-refractivity contribution >= 4 is 23.5 Å². The zero-order chi connectivity index (χ0) is 25.2. The molecule has 2 aliphatic heterocycles. The molecule has 186 valence electrons. The minimum absolute atomic E-state index is 0.0422. The van der Waals surface area contributed by atoms with Crippen molar-refractivity contribution in [2.24, 2.45) is 5.92 Å². The molecule has 1 aromatic carbocycles. The third kappa shape index (κ3) is 4.90. The number of amides is 2. The summed E-state index contributed by atoms with van der Waals surface area (Å²) in [5.41, 5.74) is 0.595. The lowest BCUT2D eigenvalue weighted by molar-refractivity contribution is -0.133. The van der Waals surface area contributed by atoms with Gasteiger partial charge in [0.25, 0.3) is 5.91 Å². The van der Waals surface area contributed by atoms with Crippen molar-refractivity contribution in [1.29, 1.82) is 0 Å². The summed E-state index contributed by atoms with van der Waals surface area (Å²) in [6, 6.07) is 8.91. The van der Waals surface area contributed by atoms with Gasteiger partial charge in [0.1, 0.15) is 17.3 Å². The molecule has 0 saturated carbocycles. The monoisotopic (exact) mass is 492 g/mol. The van der Waals surface area contributed by atoms with Crippen LogP contribution in [0.2, 0.25) is 0 Å². The molecule has 0 bridgehead atoms. The number of carbonyl (C=O) groups is 2. The van der Waals surface area contributed by atoms with Crippen LogP contribution in [-0.4, -0.2) is 71.5 Å². The minimum Gasteiger partial charge on any atom is -0.479 e. The Morgan fingerprint density at radius 3 is 2.33 bits per heavy atom. The number of aromatic nitrogens is 3. The molecule has 2 amide bonds. The summed E-state index contributed by atoms with van der Waals surface area (Å²) >= 11 is 0. The second-order valence-corrected chi connectivity index (χ2v) is 8.85. The van der Waals surface area contributed by atoms with E-state index in [0.29, 0.717) is 55.1 Å². The van der Waals surface area contributed by atoms with E-state index in [1.54, 1.807) is 48.4 Å². The third-order valence-electron chi connectivity index (χ3n) is 6.07. The average Bonchev–Trinajstić information content (AvgIpc) is 3.21. The van der Waals surface area contributed by atoms with E-state index in [1.165, 1.54) is 30.5 Å². The van der Waals surface area contributed by atoms with Gasteiger partial charge in [0.2, 0.25) is 17.7 Å². The molecule has 11 heteroatoms. The van der Waals surface area contributed by atoms with Crippen molar-refractivity contribution in [1.82, 2.24) is 19.9 Å². The third-order valence-corrected chi connectivity index (χ3v) is 6.07. The lowest BCUT2D eigenvalue weighted by atomic mass is 9.99. The van der Waals surface area contributed by atoms with Gasteiger partial charge in [0, 0.05) is 46.2 Å². The first-order chi connectivity index (χ1) is 17.4. The number of anilines is 2. The fourth-order valence-electron chi connectivity index (χ4n) is 4.08. The number of ether oxygens (including phenoxy) is 2.